The Balaban J connectivity index is 1.65. The maximum Gasteiger partial charge on any atom is 0.306 e. The Morgan fingerprint density at radius 1 is 1.11 bits per heavy atom. The average Bonchev–Trinajstić information content (AvgIpc) is 2.90. The molecular weight excluding hydrogens is 234 g/mol. The highest BCUT2D eigenvalue weighted by Gasteiger charge is 2.27. The molecule has 2 N–H and O–H groups in total. The van der Waals surface area contributed by atoms with Gasteiger partial charge in [-0.1, -0.05) is 0 Å². The number of carbonyl (C=O) groups excluding carboxylic acids is 1. The van der Waals surface area contributed by atoms with Crippen molar-refractivity contribution in [2.24, 2.45) is 17.8 Å². The van der Waals surface area contributed by atoms with Crippen LogP contribution >= 0.6 is 0 Å². The molecule has 0 aromatic rings. The first kappa shape index (κ1) is 13.3. The van der Waals surface area contributed by atoms with Crippen molar-refractivity contribution in [3.63, 3.8) is 0 Å². The predicted molar refractivity (Wildman–Crippen MR) is 65.0 cm³/mol. The van der Waals surface area contributed by atoms with Crippen LogP contribution in [0.25, 0.3) is 0 Å². The van der Waals surface area contributed by atoms with E-state index in [9.17, 15) is 9.59 Å². The largest absolute Gasteiger partial charge is 0.481 e. The first-order valence-electron chi connectivity index (χ1n) is 6.75. The topological polar surface area (TPSA) is 75.6 Å². The molecule has 1 aliphatic carbocycles. The first-order chi connectivity index (χ1) is 8.66. The highest BCUT2D eigenvalue weighted by atomic mass is 16.5. The number of ether oxygens (including phenoxy) is 1. The van der Waals surface area contributed by atoms with E-state index in [4.69, 9.17) is 9.84 Å². The monoisotopic (exact) mass is 255 g/mol. The van der Waals surface area contributed by atoms with Gasteiger partial charge in [-0.2, -0.15) is 0 Å². The van der Waals surface area contributed by atoms with E-state index in [1.165, 1.54) is 0 Å². The molecule has 18 heavy (non-hydrogen) atoms. The first-order valence-corrected chi connectivity index (χ1v) is 6.75. The van der Waals surface area contributed by atoms with Crippen LogP contribution in [0.4, 0.5) is 0 Å². The molecule has 1 saturated heterocycles. The van der Waals surface area contributed by atoms with E-state index < -0.39 is 5.97 Å². The van der Waals surface area contributed by atoms with Crippen LogP contribution in [0.3, 0.4) is 0 Å². The fraction of sp³-hybridized carbons (Fsp3) is 0.846. The Morgan fingerprint density at radius 2 is 1.83 bits per heavy atom. The number of nitrogens with one attached hydrogen (secondary N) is 1. The van der Waals surface area contributed by atoms with Gasteiger partial charge in [0.1, 0.15) is 0 Å². The smallest absolute Gasteiger partial charge is 0.306 e. The number of carboxylic acids is 1. The molecule has 0 bridgehead atoms. The molecule has 1 atom stereocenters. The van der Waals surface area contributed by atoms with Crippen molar-refractivity contribution in [2.45, 2.75) is 32.1 Å². The molecule has 2 aliphatic rings. The summed E-state index contributed by atoms with van der Waals surface area (Å²) in [5.41, 5.74) is 0. The lowest BCUT2D eigenvalue weighted by Crippen LogP contribution is -2.36. The Morgan fingerprint density at radius 3 is 2.39 bits per heavy atom. The third-order valence-electron chi connectivity index (χ3n) is 4.06. The molecule has 2 fully saturated rings. The Hall–Kier alpha value is -1.10. The maximum atomic E-state index is 11.8. The highest BCUT2D eigenvalue weighted by Crippen LogP contribution is 2.28. The van der Waals surface area contributed by atoms with Crippen LogP contribution in [0.5, 0.6) is 0 Å². The van der Waals surface area contributed by atoms with Crippen LogP contribution in [0.2, 0.25) is 0 Å². The molecule has 0 spiro atoms. The van der Waals surface area contributed by atoms with E-state index in [-0.39, 0.29) is 17.7 Å². The van der Waals surface area contributed by atoms with Crippen molar-refractivity contribution in [2.75, 3.05) is 19.8 Å². The molecule has 5 nitrogen and oxygen atoms in total. The van der Waals surface area contributed by atoms with Gasteiger partial charge in [0.2, 0.25) is 5.91 Å². The fourth-order valence-corrected chi connectivity index (χ4v) is 2.74. The van der Waals surface area contributed by atoms with Crippen LogP contribution in [-0.2, 0) is 14.3 Å². The van der Waals surface area contributed by atoms with Crippen LogP contribution in [0.15, 0.2) is 0 Å². The minimum atomic E-state index is -0.680. The second-order valence-corrected chi connectivity index (χ2v) is 5.36. The predicted octanol–water partition coefficient (Wildman–Crippen LogP) is 1.03. The van der Waals surface area contributed by atoms with Gasteiger partial charge in [0.05, 0.1) is 18.4 Å². The summed E-state index contributed by atoms with van der Waals surface area (Å²) in [7, 11) is 0. The summed E-state index contributed by atoms with van der Waals surface area (Å²) < 4.78 is 5.18. The molecule has 102 valence electrons. The third kappa shape index (κ3) is 3.45. The summed E-state index contributed by atoms with van der Waals surface area (Å²) in [5, 5.41) is 11.9. The number of hydrogen-bond donors (Lipinski definition) is 2. The van der Waals surface area contributed by atoms with E-state index in [1.54, 1.807) is 0 Å². The lowest BCUT2D eigenvalue weighted by molar-refractivity contribution is -0.143. The number of aliphatic carboxylic acids is 1. The Kier molecular flexibility index (Phi) is 4.58. The molecule has 0 aromatic heterocycles. The van der Waals surface area contributed by atoms with Gasteiger partial charge in [-0.05, 0) is 38.0 Å². The van der Waals surface area contributed by atoms with E-state index in [2.05, 4.69) is 5.32 Å². The van der Waals surface area contributed by atoms with E-state index >= 15 is 0 Å². The van der Waals surface area contributed by atoms with Crippen molar-refractivity contribution >= 4 is 11.9 Å². The second kappa shape index (κ2) is 6.18. The molecule has 1 aliphatic heterocycles. The zero-order valence-electron chi connectivity index (χ0n) is 10.6. The number of carboxylic acid groups (broad SMARTS) is 1. The van der Waals surface area contributed by atoms with Crippen molar-refractivity contribution in [1.82, 2.24) is 5.32 Å². The molecule has 0 radical (unpaired) electrons. The van der Waals surface area contributed by atoms with Gasteiger partial charge >= 0.3 is 5.97 Å². The lowest BCUT2D eigenvalue weighted by Gasteiger charge is -2.26. The quantitative estimate of drug-likeness (QED) is 0.786. The second-order valence-electron chi connectivity index (χ2n) is 5.36. The van der Waals surface area contributed by atoms with Gasteiger partial charge in [-0.15, -0.1) is 0 Å². The van der Waals surface area contributed by atoms with E-state index in [0.717, 1.165) is 32.1 Å². The normalized spacial score (nSPS) is 32.1. The molecule has 2 rings (SSSR count). The standard InChI is InChI=1S/C13H21NO4/c15-12(11-5-6-18-8-11)14-7-9-1-3-10(4-2-9)13(16)17/h9-11H,1-8H2,(H,14,15)(H,16,17). The number of carbonyl (C=O) groups is 2. The Labute approximate surface area is 107 Å². The van der Waals surface area contributed by atoms with E-state index in [1.807, 2.05) is 0 Å². The summed E-state index contributed by atoms with van der Waals surface area (Å²) in [4.78, 5) is 22.6. The van der Waals surface area contributed by atoms with Gasteiger partial charge in [-0.25, -0.2) is 0 Å². The average molecular weight is 255 g/mol. The molecule has 1 unspecified atom stereocenters. The summed E-state index contributed by atoms with van der Waals surface area (Å²) in [6, 6.07) is 0. The minimum Gasteiger partial charge on any atom is -0.481 e. The zero-order valence-corrected chi connectivity index (χ0v) is 10.6. The molecule has 1 heterocycles. The van der Waals surface area contributed by atoms with E-state index in [0.29, 0.717) is 25.7 Å². The van der Waals surface area contributed by atoms with Crippen molar-refractivity contribution in [3.05, 3.63) is 0 Å². The molecule has 5 heteroatoms. The highest BCUT2D eigenvalue weighted by molar-refractivity contribution is 5.79. The van der Waals surface area contributed by atoms with Gasteiger partial charge in [0.15, 0.2) is 0 Å². The van der Waals surface area contributed by atoms with Crippen LogP contribution in [0, 0.1) is 17.8 Å². The summed E-state index contributed by atoms with van der Waals surface area (Å²) in [6.45, 7) is 1.90. The lowest BCUT2D eigenvalue weighted by atomic mass is 9.82. The summed E-state index contributed by atoms with van der Waals surface area (Å²) in [5.74, 6) is -0.319. The summed E-state index contributed by atoms with van der Waals surface area (Å²) in [6.07, 6.45) is 4.10. The number of amides is 1. The van der Waals surface area contributed by atoms with Gasteiger partial charge in [0, 0.05) is 13.2 Å². The van der Waals surface area contributed by atoms with Crippen LogP contribution in [0.1, 0.15) is 32.1 Å². The van der Waals surface area contributed by atoms with Crippen molar-refractivity contribution in [3.8, 4) is 0 Å². The maximum absolute atomic E-state index is 11.8. The van der Waals surface area contributed by atoms with Gasteiger partial charge < -0.3 is 15.2 Å². The SMILES string of the molecule is O=C(O)C1CCC(CNC(=O)C2CCOC2)CC1. The molecular formula is C13H21NO4. The minimum absolute atomic E-state index is 0.0142. The van der Waals surface area contributed by atoms with Crippen LogP contribution < -0.4 is 5.32 Å². The Bertz CT molecular complexity index is 304. The molecule has 0 aromatic carbocycles. The van der Waals surface area contributed by atoms with Crippen LogP contribution in [-0.4, -0.2) is 36.7 Å². The summed E-state index contributed by atoms with van der Waals surface area (Å²) >= 11 is 0. The van der Waals surface area contributed by atoms with Gasteiger partial charge in [-0.3, -0.25) is 9.59 Å². The third-order valence-corrected chi connectivity index (χ3v) is 4.06. The molecule has 1 amide bonds. The fourth-order valence-electron chi connectivity index (χ4n) is 2.74. The van der Waals surface area contributed by atoms with Gasteiger partial charge in [0.25, 0.3) is 0 Å². The van der Waals surface area contributed by atoms with Crippen molar-refractivity contribution in [1.29, 1.82) is 0 Å². The van der Waals surface area contributed by atoms with Crippen molar-refractivity contribution < 1.29 is 19.4 Å². The molecule has 1 saturated carbocycles. The zero-order chi connectivity index (χ0) is 13.0. The number of hydrogen-bond acceptors (Lipinski definition) is 3. The number of rotatable bonds is 4.